The number of nitrogens with two attached hydrogens (primary N) is 1. The van der Waals surface area contributed by atoms with Crippen molar-refractivity contribution >= 4 is 17.9 Å². The maximum atomic E-state index is 11.6. The molecule has 114 valence electrons. The first-order chi connectivity index (χ1) is 10.6. The fourth-order valence-corrected chi connectivity index (χ4v) is 1.94. The van der Waals surface area contributed by atoms with Crippen molar-refractivity contribution in [2.24, 2.45) is 0 Å². The first-order valence-electron chi connectivity index (χ1n) is 7.12. The minimum atomic E-state index is -0.433. The van der Waals surface area contributed by atoms with Gasteiger partial charge in [-0.2, -0.15) is 0 Å². The Labute approximate surface area is 130 Å². The second-order valence-electron chi connectivity index (χ2n) is 4.96. The van der Waals surface area contributed by atoms with Crippen LogP contribution in [0.3, 0.4) is 0 Å². The van der Waals surface area contributed by atoms with Gasteiger partial charge in [-0.15, -0.1) is 0 Å². The van der Waals surface area contributed by atoms with Crippen LogP contribution in [0.2, 0.25) is 0 Å². The van der Waals surface area contributed by atoms with E-state index in [4.69, 9.17) is 10.5 Å². The standard InChI is InChI=1S/C18H20N2O2/c1-14-9-10-17(19)12-16(14)8-5-11-20-18(21)22-13-15-6-3-2-4-7-15/h2-10,12H,11,13,19H2,1H3,(H,20,21). The summed E-state index contributed by atoms with van der Waals surface area (Å²) in [5.41, 5.74) is 9.61. The Morgan fingerprint density at radius 2 is 2.00 bits per heavy atom. The SMILES string of the molecule is Cc1ccc(N)cc1C=CCNC(=O)OCc1ccccc1. The molecular weight excluding hydrogens is 276 g/mol. The van der Waals surface area contributed by atoms with Crippen LogP contribution in [-0.2, 0) is 11.3 Å². The molecule has 22 heavy (non-hydrogen) atoms. The number of carbonyl (C=O) groups excluding carboxylic acids is 1. The van der Waals surface area contributed by atoms with Gasteiger partial charge >= 0.3 is 6.09 Å². The van der Waals surface area contributed by atoms with Crippen LogP contribution in [0.5, 0.6) is 0 Å². The van der Waals surface area contributed by atoms with E-state index in [0.717, 1.165) is 22.4 Å². The lowest BCUT2D eigenvalue weighted by Crippen LogP contribution is -2.24. The van der Waals surface area contributed by atoms with Crippen molar-refractivity contribution in [1.29, 1.82) is 0 Å². The van der Waals surface area contributed by atoms with Crippen LogP contribution in [0.4, 0.5) is 10.5 Å². The molecule has 0 aliphatic rings. The fourth-order valence-electron chi connectivity index (χ4n) is 1.94. The molecule has 0 atom stereocenters. The van der Waals surface area contributed by atoms with Crippen molar-refractivity contribution in [3.63, 3.8) is 0 Å². The number of hydrogen-bond donors (Lipinski definition) is 2. The Hall–Kier alpha value is -2.75. The summed E-state index contributed by atoms with van der Waals surface area (Å²) < 4.78 is 5.12. The summed E-state index contributed by atoms with van der Waals surface area (Å²) in [6.07, 6.45) is 3.37. The molecule has 0 fully saturated rings. The minimum absolute atomic E-state index is 0.269. The van der Waals surface area contributed by atoms with Crippen molar-refractivity contribution in [3.05, 3.63) is 71.3 Å². The van der Waals surface area contributed by atoms with Gasteiger partial charge in [0, 0.05) is 12.2 Å². The zero-order valence-corrected chi connectivity index (χ0v) is 12.6. The van der Waals surface area contributed by atoms with Crippen LogP contribution in [-0.4, -0.2) is 12.6 Å². The molecule has 2 aromatic rings. The molecule has 2 rings (SSSR count). The van der Waals surface area contributed by atoms with Crippen molar-refractivity contribution < 1.29 is 9.53 Å². The summed E-state index contributed by atoms with van der Waals surface area (Å²) in [4.78, 5) is 11.6. The highest BCUT2D eigenvalue weighted by Crippen LogP contribution is 2.13. The molecule has 0 aliphatic carbocycles. The first kappa shape index (κ1) is 15.6. The van der Waals surface area contributed by atoms with Gasteiger partial charge in [0.25, 0.3) is 0 Å². The average Bonchev–Trinajstić information content (AvgIpc) is 2.53. The van der Waals surface area contributed by atoms with Crippen LogP contribution in [0.15, 0.2) is 54.6 Å². The highest BCUT2D eigenvalue weighted by Gasteiger charge is 2.00. The summed E-state index contributed by atoms with van der Waals surface area (Å²) in [5.74, 6) is 0. The zero-order valence-electron chi connectivity index (χ0n) is 12.6. The van der Waals surface area contributed by atoms with E-state index in [1.807, 2.05) is 67.6 Å². The highest BCUT2D eigenvalue weighted by molar-refractivity contribution is 5.68. The van der Waals surface area contributed by atoms with Crippen LogP contribution in [0.1, 0.15) is 16.7 Å². The van der Waals surface area contributed by atoms with E-state index >= 15 is 0 Å². The lowest BCUT2D eigenvalue weighted by Gasteiger charge is -2.05. The number of aryl methyl sites for hydroxylation is 1. The Morgan fingerprint density at radius 1 is 1.23 bits per heavy atom. The fraction of sp³-hybridized carbons (Fsp3) is 0.167. The number of ether oxygens (including phenoxy) is 1. The van der Waals surface area contributed by atoms with E-state index in [9.17, 15) is 4.79 Å². The molecule has 0 radical (unpaired) electrons. The number of benzene rings is 2. The number of nitrogens with one attached hydrogen (secondary N) is 1. The van der Waals surface area contributed by atoms with E-state index < -0.39 is 6.09 Å². The van der Waals surface area contributed by atoms with Crippen LogP contribution < -0.4 is 11.1 Å². The van der Waals surface area contributed by atoms with Crippen LogP contribution in [0.25, 0.3) is 6.08 Å². The first-order valence-corrected chi connectivity index (χ1v) is 7.12. The third-order valence-electron chi connectivity index (χ3n) is 3.18. The van der Waals surface area contributed by atoms with E-state index in [1.54, 1.807) is 0 Å². The second kappa shape index (κ2) is 7.88. The maximum absolute atomic E-state index is 11.6. The molecular formula is C18H20N2O2. The van der Waals surface area contributed by atoms with Gasteiger partial charge < -0.3 is 15.8 Å². The van der Waals surface area contributed by atoms with Gasteiger partial charge in [-0.1, -0.05) is 48.6 Å². The largest absolute Gasteiger partial charge is 0.445 e. The van der Waals surface area contributed by atoms with Gasteiger partial charge in [-0.3, -0.25) is 0 Å². The Morgan fingerprint density at radius 3 is 2.77 bits per heavy atom. The summed E-state index contributed by atoms with van der Waals surface area (Å²) in [5, 5.41) is 2.68. The van der Waals surface area contributed by atoms with Crippen LogP contribution >= 0.6 is 0 Å². The lowest BCUT2D eigenvalue weighted by molar-refractivity contribution is 0.141. The topological polar surface area (TPSA) is 64.3 Å². The molecule has 3 N–H and O–H groups in total. The van der Waals surface area contributed by atoms with Crippen molar-refractivity contribution in [3.8, 4) is 0 Å². The number of hydrogen-bond acceptors (Lipinski definition) is 3. The summed E-state index contributed by atoms with van der Waals surface area (Å²) >= 11 is 0. The lowest BCUT2D eigenvalue weighted by atomic mass is 10.1. The quantitative estimate of drug-likeness (QED) is 0.830. The summed E-state index contributed by atoms with van der Waals surface area (Å²) in [6.45, 7) is 2.69. The highest BCUT2D eigenvalue weighted by atomic mass is 16.5. The number of anilines is 1. The average molecular weight is 296 g/mol. The molecule has 0 saturated heterocycles. The molecule has 0 saturated carbocycles. The second-order valence-corrected chi connectivity index (χ2v) is 4.96. The molecule has 0 unspecified atom stereocenters. The zero-order chi connectivity index (χ0) is 15.8. The summed E-state index contributed by atoms with van der Waals surface area (Å²) in [6, 6.07) is 15.3. The molecule has 1 amide bonds. The molecule has 4 nitrogen and oxygen atoms in total. The van der Waals surface area contributed by atoms with E-state index in [-0.39, 0.29) is 6.61 Å². The van der Waals surface area contributed by atoms with Crippen LogP contribution in [0, 0.1) is 6.92 Å². The van der Waals surface area contributed by atoms with Gasteiger partial charge in [0.2, 0.25) is 0 Å². The third-order valence-corrected chi connectivity index (χ3v) is 3.18. The Balaban J connectivity index is 1.75. The predicted octanol–water partition coefficient (Wildman–Crippen LogP) is 3.52. The Bertz CT molecular complexity index is 651. The van der Waals surface area contributed by atoms with E-state index in [0.29, 0.717) is 6.54 Å². The Kier molecular flexibility index (Phi) is 5.60. The number of alkyl carbamates (subject to hydrolysis) is 1. The molecule has 0 bridgehead atoms. The number of amides is 1. The molecule has 0 aromatic heterocycles. The molecule has 0 aliphatic heterocycles. The molecule has 0 heterocycles. The number of carbonyl (C=O) groups is 1. The van der Waals surface area contributed by atoms with Gasteiger partial charge in [0.1, 0.15) is 6.61 Å². The van der Waals surface area contributed by atoms with Crippen molar-refractivity contribution in [2.45, 2.75) is 13.5 Å². The molecule has 0 spiro atoms. The predicted molar refractivity (Wildman–Crippen MR) is 89.3 cm³/mol. The van der Waals surface area contributed by atoms with E-state index in [1.165, 1.54) is 0 Å². The maximum Gasteiger partial charge on any atom is 0.407 e. The van der Waals surface area contributed by atoms with Gasteiger partial charge in [0.15, 0.2) is 0 Å². The minimum Gasteiger partial charge on any atom is -0.445 e. The van der Waals surface area contributed by atoms with Crippen molar-refractivity contribution in [1.82, 2.24) is 5.32 Å². The van der Waals surface area contributed by atoms with Gasteiger partial charge in [0.05, 0.1) is 0 Å². The molecule has 2 aromatic carbocycles. The monoisotopic (exact) mass is 296 g/mol. The summed E-state index contributed by atoms with van der Waals surface area (Å²) in [7, 11) is 0. The smallest absolute Gasteiger partial charge is 0.407 e. The van der Waals surface area contributed by atoms with E-state index in [2.05, 4.69) is 5.32 Å². The van der Waals surface area contributed by atoms with Gasteiger partial charge in [-0.25, -0.2) is 4.79 Å². The number of nitrogen functional groups attached to an aromatic ring is 1. The van der Waals surface area contributed by atoms with Gasteiger partial charge in [-0.05, 0) is 35.7 Å². The third kappa shape index (κ3) is 4.98. The normalized spacial score (nSPS) is 10.6. The molecule has 4 heteroatoms. The number of rotatable bonds is 5. The van der Waals surface area contributed by atoms with Crippen molar-refractivity contribution in [2.75, 3.05) is 12.3 Å².